The second kappa shape index (κ2) is 18.7. The molecule has 48 heavy (non-hydrogen) atoms. The van der Waals surface area contributed by atoms with Gasteiger partial charge in [-0.15, -0.1) is 0 Å². The lowest BCUT2D eigenvalue weighted by molar-refractivity contribution is -0.139. The molecule has 9 nitrogen and oxygen atoms in total. The van der Waals surface area contributed by atoms with E-state index in [0.29, 0.717) is 41.3 Å². The highest BCUT2D eigenvalue weighted by Gasteiger charge is 2.21. The van der Waals surface area contributed by atoms with E-state index in [1.165, 1.54) is 24.8 Å². The van der Waals surface area contributed by atoms with Gasteiger partial charge in [0.15, 0.2) is 0 Å². The van der Waals surface area contributed by atoms with Gasteiger partial charge in [0, 0.05) is 24.2 Å². The molecular weight excluding hydrogens is 608 g/mol. The third kappa shape index (κ3) is 11.5. The normalized spacial score (nSPS) is 11.3. The van der Waals surface area contributed by atoms with E-state index in [1.54, 1.807) is 79.9 Å². The van der Waals surface area contributed by atoms with Gasteiger partial charge in [-0.2, -0.15) is 0 Å². The van der Waals surface area contributed by atoms with Crippen molar-refractivity contribution in [3.63, 3.8) is 0 Å². The molecule has 9 heteroatoms. The van der Waals surface area contributed by atoms with Crippen molar-refractivity contribution in [2.45, 2.75) is 57.9 Å². The fourth-order valence-corrected chi connectivity index (χ4v) is 5.00. The van der Waals surface area contributed by atoms with Gasteiger partial charge < -0.3 is 30.0 Å². The SMILES string of the molecule is CCCCCCCOc1ccc(C(=O)Oc2ccc(CC(NC(=O)c3ccc(NCCc4ccc(OC)cc4)cc3)C(=O)O)cc2)cc1. The Kier molecular flexibility index (Phi) is 13.9. The maximum atomic E-state index is 12.9. The van der Waals surface area contributed by atoms with Gasteiger partial charge in [-0.05, 0) is 96.8 Å². The van der Waals surface area contributed by atoms with Crippen LogP contribution in [0.3, 0.4) is 0 Å². The van der Waals surface area contributed by atoms with Crippen LogP contribution in [0.2, 0.25) is 0 Å². The summed E-state index contributed by atoms with van der Waals surface area (Å²) in [6.45, 7) is 3.54. The van der Waals surface area contributed by atoms with Crippen LogP contribution < -0.4 is 24.8 Å². The maximum absolute atomic E-state index is 12.9. The number of unbranched alkanes of at least 4 members (excludes halogenated alkanes) is 4. The number of carboxylic acid groups (broad SMARTS) is 1. The summed E-state index contributed by atoms with van der Waals surface area (Å²) in [7, 11) is 1.64. The number of hydrogen-bond acceptors (Lipinski definition) is 7. The van der Waals surface area contributed by atoms with Crippen molar-refractivity contribution < 1.29 is 33.7 Å². The summed E-state index contributed by atoms with van der Waals surface area (Å²) in [6, 6.07) is 27.0. The van der Waals surface area contributed by atoms with Crippen molar-refractivity contribution in [1.29, 1.82) is 0 Å². The number of carbonyl (C=O) groups is 3. The van der Waals surface area contributed by atoms with E-state index in [-0.39, 0.29) is 6.42 Å². The molecule has 0 saturated carbocycles. The molecule has 0 radical (unpaired) electrons. The fourth-order valence-electron chi connectivity index (χ4n) is 5.00. The molecule has 4 aromatic carbocycles. The third-order valence-corrected chi connectivity index (χ3v) is 7.83. The van der Waals surface area contributed by atoms with Crippen molar-refractivity contribution in [2.75, 3.05) is 25.6 Å². The summed E-state index contributed by atoms with van der Waals surface area (Å²) in [5.41, 5.74) is 3.43. The quantitative estimate of drug-likeness (QED) is 0.0546. The fraction of sp³-hybridized carbons (Fsp3) is 0.308. The molecule has 4 rings (SSSR count). The second-order valence-corrected chi connectivity index (χ2v) is 11.5. The lowest BCUT2D eigenvalue weighted by Crippen LogP contribution is -2.42. The van der Waals surface area contributed by atoms with E-state index in [1.807, 2.05) is 24.3 Å². The first-order valence-corrected chi connectivity index (χ1v) is 16.4. The van der Waals surface area contributed by atoms with Gasteiger partial charge in [0.1, 0.15) is 23.3 Å². The summed E-state index contributed by atoms with van der Waals surface area (Å²) in [5.74, 6) is -0.306. The van der Waals surface area contributed by atoms with Crippen molar-refractivity contribution in [2.24, 2.45) is 0 Å². The first-order valence-electron chi connectivity index (χ1n) is 16.4. The predicted molar refractivity (Wildman–Crippen MR) is 186 cm³/mol. The van der Waals surface area contributed by atoms with Crippen LogP contribution in [-0.2, 0) is 17.6 Å². The molecule has 0 saturated heterocycles. The van der Waals surface area contributed by atoms with Gasteiger partial charge in [0.25, 0.3) is 5.91 Å². The number of hydrogen-bond donors (Lipinski definition) is 3. The number of anilines is 1. The molecule has 0 heterocycles. The molecule has 0 spiro atoms. The summed E-state index contributed by atoms with van der Waals surface area (Å²) in [6.07, 6.45) is 6.67. The van der Waals surface area contributed by atoms with Gasteiger partial charge in [0.2, 0.25) is 0 Å². The molecule has 0 bridgehead atoms. The summed E-state index contributed by atoms with van der Waals surface area (Å²) < 4.78 is 16.4. The largest absolute Gasteiger partial charge is 0.497 e. The number of rotatable bonds is 19. The average molecular weight is 653 g/mol. The Balaban J connectivity index is 1.22. The number of ether oxygens (including phenoxy) is 3. The van der Waals surface area contributed by atoms with Gasteiger partial charge in [0.05, 0.1) is 19.3 Å². The highest BCUT2D eigenvalue weighted by atomic mass is 16.5. The number of amides is 1. The smallest absolute Gasteiger partial charge is 0.343 e. The number of carbonyl (C=O) groups excluding carboxylic acids is 2. The summed E-state index contributed by atoms with van der Waals surface area (Å²) >= 11 is 0. The molecule has 0 aliphatic rings. The number of aliphatic carboxylic acids is 1. The van der Waals surface area contributed by atoms with Crippen LogP contribution in [0, 0.1) is 0 Å². The molecule has 0 aromatic heterocycles. The summed E-state index contributed by atoms with van der Waals surface area (Å²) in [5, 5.41) is 15.7. The molecule has 4 aromatic rings. The number of nitrogens with one attached hydrogen (secondary N) is 2. The van der Waals surface area contributed by atoms with Crippen molar-refractivity contribution in [1.82, 2.24) is 5.32 Å². The van der Waals surface area contributed by atoms with Gasteiger partial charge in [-0.3, -0.25) is 4.79 Å². The zero-order valence-corrected chi connectivity index (χ0v) is 27.6. The van der Waals surface area contributed by atoms with Crippen molar-refractivity contribution in [3.05, 3.63) is 119 Å². The van der Waals surface area contributed by atoms with Crippen molar-refractivity contribution >= 4 is 23.5 Å². The molecule has 0 aliphatic carbocycles. The van der Waals surface area contributed by atoms with Crippen LogP contribution in [0.1, 0.15) is 70.9 Å². The summed E-state index contributed by atoms with van der Waals surface area (Å²) in [4.78, 5) is 37.5. The topological polar surface area (TPSA) is 123 Å². The van der Waals surface area contributed by atoms with Crippen LogP contribution in [0.4, 0.5) is 5.69 Å². The van der Waals surface area contributed by atoms with E-state index >= 15 is 0 Å². The number of esters is 1. The van der Waals surface area contributed by atoms with Gasteiger partial charge >= 0.3 is 11.9 Å². The van der Waals surface area contributed by atoms with Crippen LogP contribution in [0.15, 0.2) is 97.1 Å². The zero-order valence-electron chi connectivity index (χ0n) is 27.6. The second-order valence-electron chi connectivity index (χ2n) is 11.5. The molecule has 252 valence electrons. The Morgan fingerprint density at radius 2 is 1.31 bits per heavy atom. The Bertz CT molecular complexity index is 1590. The van der Waals surface area contributed by atoms with E-state index in [0.717, 1.165) is 30.7 Å². The average Bonchev–Trinajstić information content (AvgIpc) is 3.11. The van der Waals surface area contributed by atoms with Crippen LogP contribution in [0.5, 0.6) is 17.2 Å². The first-order chi connectivity index (χ1) is 23.3. The van der Waals surface area contributed by atoms with Crippen LogP contribution in [-0.4, -0.2) is 49.3 Å². The van der Waals surface area contributed by atoms with Gasteiger partial charge in [-0.25, -0.2) is 9.59 Å². The van der Waals surface area contributed by atoms with Crippen molar-refractivity contribution in [3.8, 4) is 17.2 Å². The highest BCUT2D eigenvalue weighted by molar-refractivity contribution is 5.97. The highest BCUT2D eigenvalue weighted by Crippen LogP contribution is 2.19. The standard InChI is InChI=1S/C39H44N2O7/c1-3-4-5-6-7-26-47-34-22-14-31(15-23-34)39(45)48-35-20-10-29(11-21-35)27-36(38(43)44)41-37(42)30-12-16-32(17-13-30)40-25-24-28-8-18-33(46-2)19-9-28/h8-23,36,40H,3-7,24-27H2,1-2H3,(H,41,42)(H,43,44). The maximum Gasteiger partial charge on any atom is 0.343 e. The number of carboxylic acids is 1. The molecule has 0 fully saturated rings. The first kappa shape index (κ1) is 35.5. The molecule has 1 atom stereocenters. The van der Waals surface area contributed by atoms with E-state index in [2.05, 4.69) is 17.6 Å². The Morgan fingerprint density at radius 3 is 1.96 bits per heavy atom. The molecule has 3 N–H and O–H groups in total. The molecule has 1 amide bonds. The number of methoxy groups -OCH3 is 1. The minimum atomic E-state index is -1.15. The Labute approximate surface area is 282 Å². The lowest BCUT2D eigenvalue weighted by Gasteiger charge is -2.15. The van der Waals surface area contributed by atoms with Crippen LogP contribution in [0.25, 0.3) is 0 Å². The Morgan fingerprint density at radius 1 is 0.708 bits per heavy atom. The minimum Gasteiger partial charge on any atom is -0.497 e. The minimum absolute atomic E-state index is 0.0559. The lowest BCUT2D eigenvalue weighted by atomic mass is 10.0. The molecular formula is C39H44N2O7. The van der Waals surface area contributed by atoms with Gasteiger partial charge in [-0.1, -0.05) is 56.9 Å². The third-order valence-electron chi connectivity index (χ3n) is 7.83. The van der Waals surface area contributed by atoms with Crippen LogP contribution >= 0.6 is 0 Å². The predicted octanol–water partition coefficient (Wildman–Crippen LogP) is 7.34. The molecule has 0 aliphatic heterocycles. The monoisotopic (exact) mass is 652 g/mol. The van der Waals surface area contributed by atoms with E-state index in [9.17, 15) is 19.5 Å². The molecule has 1 unspecified atom stereocenters. The van der Waals surface area contributed by atoms with E-state index < -0.39 is 23.9 Å². The zero-order chi connectivity index (χ0) is 34.1. The Hall–Kier alpha value is -5.31. The number of benzene rings is 4. The van der Waals surface area contributed by atoms with E-state index in [4.69, 9.17) is 14.2 Å².